The number of rotatable bonds is 14. The Morgan fingerprint density at radius 1 is 0.923 bits per heavy atom. The van der Waals surface area contributed by atoms with E-state index in [-0.39, 0.29) is 0 Å². The van der Waals surface area contributed by atoms with Gasteiger partial charge in [-0.05, 0) is 0 Å². The van der Waals surface area contributed by atoms with Gasteiger partial charge in [0.1, 0.15) is 0 Å². The predicted molar refractivity (Wildman–Crippen MR) is 117 cm³/mol. The average Bonchev–Trinajstić information content (AvgIpc) is 2.68. The predicted octanol–water partition coefficient (Wildman–Crippen LogP) is 7.06. The van der Waals surface area contributed by atoms with Crippen molar-refractivity contribution in [2.75, 3.05) is 7.11 Å². The molecule has 0 saturated carbocycles. The van der Waals surface area contributed by atoms with Crippen LogP contribution in [0.5, 0.6) is 5.75 Å². The number of hydrogen-bond donors (Lipinski definition) is 1. The third-order valence-electron chi connectivity index (χ3n) is 5.42. The van der Waals surface area contributed by atoms with Crippen LogP contribution in [0.15, 0.2) is 34.4 Å². The standard InChI is InChI=1S/C11H13O2.3C4H9.Sn/c1-3-4-11(12)9-5-7-10(13-2)8-6-9;3*1-3-4-2;/h1,3,5-8,11-12H,4H2,2H3;3*1,3-4H2,2H3;/t11-;;;;/m1..../s1. The van der Waals surface area contributed by atoms with Gasteiger partial charge in [-0.2, -0.15) is 0 Å². The zero-order chi connectivity index (χ0) is 19.3. The first kappa shape index (κ1) is 23.6. The first-order chi connectivity index (χ1) is 12.6. The molecule has 3 heteroatoms. The molecule has 1 N–H and O–H groups in total. The summed E-state index contributed by atoms with van der Waals surface area (Å²) in [7, 11) is 1.67. The minimum absolute atomic E-state index is 0.412. The van der Waals surface area contributed by atoms with Gasteiger partial charge in [-0.15, -0.1) is 0 Å². The van der Waals surface area contributed by atoms with Gasteiger partial charge < -0.3 is 0 Å². The van der Waals surface area contributed by atoms with Crippen LogP contribution in [0.3, 0.4) is 0 Å². The van der Waals surface area contributed by atoms with Crippen molar-refractivity contribution in [1.29, 1.82) is 0 Å². The summed E-state index contributed by atoms with van der Waals surface area (Å²) in [5.74, 6) is 0.838. The first-order valence-electron chi connectivity index (χ1n) is 10.6. The summed E-state index contributed by atoms with van der Waals surface area (Å²) in [4.78, 5) is 0. The molecule has 148 valence electrons. The van der Waals surface area contributed by atoms with E-state index in [1.807, 2.05) is 24.3 Å². The first-order valence-corrected chi connectivity index (χ1v) is 18.3. The van der Waals surface area contributed by atoms with Gasteiger partial charge in [0.2, 0.25) is 0 Å². The summed E-state index contributed by atoms with van der Waals surface area (Å²) in [6.07, 6.45) is 10.7. The fourth-order valence-electron chi connectivity index (χ4n) is 3.62. The van der Waals surface area contributed by atoms with Crippen molar-refractivity contribution in [3.63, 3.8) is 0 Å². The fraction of sp³-hybridized carbons (Fsp3) is 0.652. The van der Waals surface area contributed by atoms with Crippen molar-refractivity contribution in [2.24, 2.45) is 0 Å². The Labute approximate surface area is 165 Å². The normalized spacial score (nSPS) is 13.3. The van der Waals surface area contributed by atoms with Gasteiger partial charge in [0, 0.05) is 0 Å². The second-order valence-electron chi connectivity index (χ2n) is 7.60. The van der Waals surface area contributed by atoms with Gasteiger partial charge in [0.25, 0.3) is 0 Å². The molecule has 0 heterocycles. The summed E-state index contributed by atoms with van der Waals surface area (Å²) < 4.78 is 12.3. The van der Waals surface area contributed by atoms with E-state index < -0.39 is 24.5 Å². The number of unbranched alkanes of at least 4 members (excludes halogenated alkanes) is 3. The fourth-order valence-corrected chi connectivity index (χ4v) is 18.1. The molecule has 1 atom stereocenters. The molecule has 0 bridgehead atoms. The number of aliphatic hydroxyl groups excluding tert-OH is 1. The molecule has 0 aliphatic carbocycles. The van der Waals surface area contributed by atoms with Gasteiger partial charge in [0.15, 0.2) is 0 Å². The number of benzene rings is 1. The van der Waals surface area contributed by atoms with E-state index in [1.54, 1.807) is 7.11 Å². The van der Waals surface area contributed by atoms with E-state index in [1.165, 1.54) is 51.8 Å². The van der Waals surface area contributed by atoms with Crippen molar-refractivity contribution in [3.8, 4) is 5.75 Å². The minimum atomic E-state index is -2.21. The Morgan fingerprint density at radius 2 is 1.42 bits per heavy atom. The van der Waals surface area contributed by atoms with Gasteiger partial charge >= 0.3 is 166 Å². The number of aliphatic hydroxyl groups is 1. The number of methoxy groups -OCH3 is 1. The van der Waals surface area contributed by atoms with E-state index in [0.29, 0.717) is 0 Å². The van der Waals surface area contributed by atoms with Crippen LogP contribution in [0.1, 0.15) is 77.4 Å². The van der Waals surface area contributed by atoms with Gasteiger partial charge in [-0.1, -0.05) is 0 Å². The zero-order valence-corrected chi connectivity index (χ0v) is 20.3. The topological polar surface area (TPSA) is 29.5 Å². The molecule has 0 aromatic heterocycles. The third-order valence-corrected chi connectivity index (χ3v) is 19.7. The van der Waals surface area contributed by atoms with Gasteiger partial charge in [-0.25, -0.2) is 0 Å². The Kier molecular flexibility index (Phi) is 12.4. The Bertz CT molecular complexity index is 474. The van der Waals surface area contributed by atoms with Crippen LogP contribution in [0.4, 0.5) is 0 Å². The van der Waals surface area contributed by atoms with Crippen molar-refractivity contribution < 1.29 is 9.84 Å². The molecule has 1 aromatic carbocycles. The molecule has 0 fully saturated rings. The van der Waals surface area contributed by atoms with Crippen molar-refractivity contribution in [3.05, 3.63) is 40.0 Å². The SMILES string of the molecule is CCC[CH2][Sn](/[CH]=C/C[C@@H](O)c1ccc(OC)cc1)([CH2]CCC)[CH2]CCC. The molecule has 1 aromatic rings. The molecule has 0 spiro atoms. The maximum absolute atomic E-state index is 10.5. The maximum atomic E-state index is 10.5. The summed E-state index contributed by atoms with van der Waals surface area (Å²) in [6.45, 7) is 6.94. The molecule has 0 saturated heterocycles. The summed E-state index contributed by atoms with van der Waals surface area (Å²) >= 11 is -2.21. The monoisotopic (exact) mass is 468 g/mol. The molecule has 0 aliphatic rings. The summed E-state index contributed by atoms with van der Waals surface area (Å²) in [5, 5.41) is 10.5. The Morgan fingerprint density at radius 3 is 1.85 bits per heavy atom. The van der Waals surface area contributed by atoms with Gasteiger partial charge in [0.05, 0.1) is 0 Å². The van der Waals surface area contributed by atoms with Crippen molar-refractivity contribution in [2.45, 2.75) is 85.1 Å². The molecule has 0 unspecified atom stereocenters. The molecule has 0 radical (unpaired) electrons. The van der Waals surface area contributed by atoms with Gasteiger partial charge in [-0.3, -0.25) is 0 Å². The van der Waals surface area contributed by atoms with Crippen LogP contribution in [0.25, 0.3) is 0 Å². The van der Waals surface area contributed by atoms with E-state index in [0.717, 1.165) is 17.7 Å². The van der Waals surface area contributed by atoms with E-state index in [9.17, 15) is 5.11 Å². The van der Waals surface area contributed by atoms with Crippen LogP contribution in [-0.4, -0.2) is 30.6 Å². The molecule has 26 heavy (non-hydrogen) atoms. The molecular formula is C23H40O2Sn. The molecule has 0 amide bonds. The second kappa shape index (κ2) is 13.7. The molecule has 2 nitrogen and oxygen atoms in total. The Hall–Kier alpha value is -0.481. The zero-order valence-electron chi connectivity index (χ0n) is 17.5. The average molecular weight is 467 g/mol. The second-order valence-corrected chi connectivity index (χ2v) is 20.6. The summed E-state index contributed by atoms with van der Waals surface area (Å²) in [5.41, 5.74) is 0.979. The van der Waals surface area contributed by atoms with Crippen LogP contribution >= 0.6 is 0 Å². The Balaban J connectivity index is 2.78. The number of ether oxygens (including phenoxy) is 1. The summed E-state index contributed by atoms with van der Waals surface area (Å²) in [6, 6.07) is 7.79. The van der Waals surface area contributed by atoms with E-state index in [2.05, 4.69) is 30.9 Å². The van der Waals surface area contributed by atoms with Crippen LogP contribution in [0.2, 0.25) is 13.3 Å². The molecule has 0 aliphatic heterocycles. The molecular weight excluding hydrogens is 427 g/mol. The molecule has 1 rings (SSSR count). The van der Waals surface area contributed by atoms with Crippen LogP contribution < -0.4 is 4.74 Å². The van der Waals surface area contributed by atoms with Crippen LogP contribution in [0, 0.1) is 0 Å². The quantitative estimate of drug-likeness (QED) is 0.297. The van der Waals surface area contributed by atoms with Crippen molar-refractivity contribution in [1.82, 2.24) is 0 Å². The van der Waals surface area contributed by atoms with E-state index >= 15 is 0 Å². The number of hydrogen-bond acceptors (Lipinski definition) is 2. The van der Waals surface area contributed by atoms with Crippen molar-refractivity contribution >= 4 is 18.4 Å². The van der Waals surface area contributed by atoms with Crippen LogP contribution in [-0.2, 0) is 0 Å². The van der Waals surface area contributed by atoms with E-state index in [4.69, 9.17) is 4.74 Å². The third kappa shape index (κ3) is 8.47.